The molecule has 0 radical (unpaired) electrons. The molecule has 1 saturated heterocycles. The Morgan fingerprint density at radius 2 is 1.76 bits per heavy atom. The summed E-state index contributed by atoms with van der Waals surface area (Å²) in [5.74, 6) is -0.627. The highest BCUT2D eigenvalue weighted by Crippen LogP contribution is 2.23. The average Bonchev–Trinajstić information content (AvgIpc) is 2.73. The van der Waals surface area contributed by atoms with Crippen LogP contribution in [0.4, 0.5) is 5.69 Å². The van der Waals surface area contributed by atoms with Gasteiger partial charge in [-0.1, -0.05) is 23.7 Å². The molecule has 0 amide bonds. The zero-order valence-corrected chi connectivity index (χ0v) is 18.0. The van der Waals surface area contributed by atoms with E-state index in [9.17, 15) is 13.2 Å². The average molecular weight is 438 g/mol. The Morgan fingerprint density at radius 3 is 2.38 bits per heavy atom. The van der Waals surface area contributed by atoms with Crippen molar-refractivity contribution in [2.24, 2.45) is 0 Å². The van der Waals surface area contributed by atoms with Gasteiger partial charge in [0.25, 0.3) is 0 Å². The fourth-order valence-corrected chi connectivity index (χ4v) is 4.64. The van der Waals surface area contributed by atoms with Gasteiger partial charge in [-0.05, 0) is 42.9 Å². The Bertz CT molecular complexity index is 972. The van der Waals surface area contributed by atoms with Crippen LogP contribution < -0.4 is 9.62 Å². The summed E-state index contributed by atoms with van der Waals surface area (Å²) >= 11 is 6.05. The van der Waals surface area contributed by atoms with Crippen LogP contribution >= 0.6 is 11.6 Å². The summed E-state index contributed by atoms with van der Waals surface area (Å²) in [5, 5.41) is 0.0376. The molecule has 0 spiro atoms. The first-order valence-electron chi connectivity index (χ1n) is 9.20. The van der Waals surface area contributed by atoms with Crippen LogP contribution in [-0.2, 0) is 21.3 Å². The molecule has 1 fully saturated rings. The molecule has 0 unspecified atom stereocenters. The summed E-state index contributed by atoms with van der Waals surface area (Å²) in [6.07, 6.45) is 0. The molecule has 1 aliphatic rings. The number of methoxy groups -OCH3 is 1. The molecule has 2 aromatic carbocycles. The van der Waals surface area contributed by atoms with E-state index in [1.54, 1.807) is 0 Å². The summed E-state index contributed by atoms with van der Waals surface area (Å²) in [6.45, 7) is 4.10. The zero-order valence-electron chi connectivity index (χ0n) is 16.4. The standard InChI is InChI=1S/C20H24ClN3O4S/c1-23-9-11-24(12-10-23)17-6-3-15(4-7-17)14-22-29(26,27)19-13-16(20(25)28-2)5-8-18(19)21/h3-8,13,22H,9-12,14H2,1-2H3. The van der Waals surface area contributed by atoms with Crippen LogP contribution in [0, 0.1) is 0 Å². The van der Waals surface area contributed by atoms with Gasteiger partial charge in [0.05, 0.1) is 17.7 Å². The number of carbonyl (C=O) groups is 1. The number of ether oxygens (including phenoxy) is 1. The van der Waals surface area contributed by atoms with E-state index in [1.807, 2.05) is 24.3 Å². The van der Waals surface area contributed by atoms with E-state index in [0.29, 0.717) is 0 Å². The van der Waals surface area contributed by atoms with Crippen molar-refractivity contribution in [3.8, 4) is 0 Å². The van der Waals surface area contributed by atoms with E-state index >= 15 is 0 Å². The van der Waals surface area contributed by atoms with Crippen molar-refractivity contribution in [2.75, 3.05) is 45.2 Å². The maximum Gasteiger partial charge on any atom is 0.337 e. The summed E-state index contributed by atoms with van der Waals surface area (Å²) in [5.41, 5.74) is 2.07. The highest BCUT2D eigenvalue weighted by atomic mass is 35.5. The van der Waals surface area contributed by atoms with Crippen molar-refractivity contribution in [3.05, 3.63) is 58.6 Å². The van der Waals surface area contributed by atoms with Gasteiger partial charge in [0, 0.05) is 38.4 Å². The second-order valence-electron chi connectivity index (χ2n) is 6.92. The molecule has 0 saturated carbocycles. The quantitative estimate of drug-likeness (QED) is 0.699. The summed E-state index contributed by atoms with van der Waals surface area (Å²) in [4.78, 5) is 16.1. The molecule has 7 nitrogen and oxygen atoms in total. The molecule has 0 aromatic heterocycles. The van der Waals surface area contributed by atoms with Gasteiger partial charge in [-0.15, -0.1) is 0 Å². The van der Waals surface area contributed by atoms with Crippen LogP contribution in [0.5, 0.6) is 0 Å². The maximum absolute atomic E-state index is 12.7. The third kappa shape index (κ3) is 5.27. The molecule has 1 heterocycles. The number of likely N-dealkylation sites (N-methyl/N-ethyl adjacent to an activating group) is 1. The lowest BCUT2D eigenvalue weighted by atomic mass is 10.2. The monoisotopic (exact) mass is 437 g/mol. The minimum Gasteiger partial charge on any atom is -0.465 e. The second kappa shape index (κ2) is 9.13. The van der Waals surface area contributed by atoms with Gasteiger partial charge in [0.2, 0.25) is 10.0 Å². The Kier molecular flexibility index (Phi) is 6.79. The van der Waals surface area contributed by atoms with Gasteiger partial charge in [-0.3, -0.25) is 0 Å². The number of nitrogens with one attached hydrogen (secondary N) is 1. The summed E-state index contributed by atoms with van der Waals surface area (Å²) in [6, 6.07) is 11.8. The third-order valence-electron chi connectivity index (χ3n) is 4.91. The molecule has 9 heteroatoms. The minimum absolute atomic E-state index is 0.0376. The number of hydrogen-bond acceptors (Lipinski definition) is 6. The third-order valence-corrected chi connectivity index (χ3v) is 6.80. The van der Waals surface area contributed by atoms with E-state index in [-0.39, 0.29) is 22.0 Å². The molecule has 3 rings (SSSR count). The summed E-state index contributed by atoms with van der Waals surface area (Å²) in [7, 11) is -0.554. The van der Waals surface area contributed by atoms with Crippen LogP contribution in [-0.4, -0.2) is 59.6 Å². The van der Waals surface area contributed by atoms with Crippen molar-refractivity contribution in [3.63, 3.8) is 0 Å². The molecule has 0 aliphatic carbocycles. The SMILES string of the molecule is COC(=O)c1ccc(Cl)c(S(=O)(=O)NCc2ccc(N3CCN(C)CC3)cc2)c1. The number of anilines is 1. The highest BCUT2D eigenvalue weighted by Gasteiger charge is 2.20. The number of esters is 1. The molecule has 156 valence electrons. The molecular weight excluding hydrogens is 414 g/mol. The topological polar surface area (TPSA) is 78.9 Å². The van der Waals surface area contributed by atoms with Crippen molar-refractivity contribution < 1.29 is 17.9 Å². The molecule has 29 heavy (non-hydrogen) atoms. The highest BCUT2D eigenvalue weighted by molar-refractivity contribution is 7.89. The van der Waals surface area contributed by atoms with Gasteiger partial charge < -0.3 is 14.5 Å². The van der Waals surface area contributed by atoms with Gasteiger partial charge in [0.15, 0.2) is 0 Å². The first-order valence-corrected chi connectivity index (χ1v) is 11.1. The number of piperazine rings is 1. The van der Waals surface area contributed by atoms with Gasteiger partial charge in [-0.25, -0.2) is 17.9 Å². The number of halogens is 1. The lowest BCUT2D eigenvalue weighted by Crippen LogP contribution is -2.44. The molecule has 0 atom stereocenters. The number of rotatable bonds is 6. The van der Waals surface area contributed by atoms with E-state index in [1.165, 1.54) is 25.3 Å². The lowest BCUT2D eigenvalue weighted by molar-refractivity contribution is 0.0600. The number of sulfonamides is 1. The Morgan fingerprint density at radius 1 is 1.10 bits per heavy atom. The van der Waals surface area contributed by atoms with E-state index < -0.39 is 16.0 Å². The van der Waals surface area contributed by atoms with Gasteiger partial charge >= 0.3 is 5.97 Å². The maximum atomic E-state index is 12.7. The molecule has 0 bridgehead atoms. The van der Waals surface area contributed by atoms with Crippen molar-refractivity contribution in [2.45, 2.75) is 11.4 Å². The fourth-order valence-electron chi connectivity index (χ4n) is 3.10. The van der Waals surface area contributed by atoms with E-state index in [0.717, 1.165) is 37.4 Å². The second-order valence-corrected chi connectivity index (χ2v) is 9.06. The van der Waals surface area contributed by atoms with Crippen LogP contribution in [0.1, 0.15) is 15.9 Å². The molecular formula is C20H24ClN3O4S. The Labute approximate surface area is 176 Å². The lowest BCUT2D eigenvalue weighted by Gasteiger charge is -2.34. The van der Waals surface area contributed by atoms with E-state index in [2.05, 4.69) is 26.3 Å². The van der Waals surface area contributed by atoms with E-state index in [4.69, 9.17) is 11.6 Å². The number of benzene rings is 2. The van der Waals surface area contributed by atoms with Crippen LogP contribution in [0.25, 0.3) is 0 Å². The van der Waals surface area contributed by atoms with Gasteiger partial charge in [-0.2, -0.15) is 0 Å². The minimum atomic E-state index is -3.90. The van der Waals surface area contributed by atoms with Crippen molar-refractivity contribution >= 4 is 33.3 Å². The largest absolute Gasteiger partial charge is 0.465 e. The van der Waals surface area contributed by atoms with Crippen LogP contribution in [0.3, 0.4) is 0 Å². The number of carbonyl (C=O) groups excluding carboxylic acids is 1. The number of nitrogens with zero attached hydrogens (tertiary/aromatic N) is 2. The van der Waals surface area contributed by atoms with Crippen LogP contribution in [0.15, 0.2) is 47.4 Å². The van der Waals surface area contributed by atoms with Crippen molar-refractivity contribution in [1.82, 2.24) is 9.62 Å². The first-order chi connectivity index (χ1) is 13.8. The van der Waals surface area contributed by atoms with Gasteiger partial charge in [0.1, 0.15) is 4.90 Å². The predicted octanol–water partition coefficient (Wildman–Crippen LogP) is 2.36. The zero-order chi connectivity index (χ0) is 21.0. The fraction of sp³-hybridized carbons (Fsp3) is 0.350. The normalized spacial score (nSPS) is 15.3. The first kappa shape index (κ1) is 21.6. The molecule has 1 N–H and O–H groups in total. The molecule has 2 aromatic rings. The predicted molar refractivity (Wildman–Crippen MR) is 113 cm³/mol. The number of hydrogen-bond donors (Lipinski definition) is 1. The summed E-state index contributed by atoms with van der Waals surface area (Å²) < 4.78 is 32.5. The molecule has 1 aliphatic heterocycles. The smallest absolute Gasteiger partial charge is 0.337 e. The Balaban J connectivity index is 1.68. The Hall–Kier alpha value is -2.13. The van der Waals surface area contributed by atoms with Crippen LogP contribution in [0.2, 0.25) is 5.02 Å². The van der Waals surface area contributed by atoms with Crippen molar-refractivity contribution in [1.29, 1.82) is 0 Å².